The van der Waals surface area contributed by atoms with Crippen LogP contribution in [0.5, 0.6) is 0 Å². The van der Waals surface area contributed by atoms with Gasteiger partial charge in [-0.05, 0) is 23.6 Å². The second-order valence-corrected chi connectivity index (χ2v) is 5.80. The van der Waals surface area contributed by atoms with Crippen LogP contribution in [-0.4, -0.2) is 17.9 Å². The molecule has 1 aromatic rings. The number of halogens is 2. The number of rotatable bonds is 3. The molecule has 0 aliphatic heterocycles. The maximum Gasteiger partial charge on any atom is 0.250 e. The SMILES string of the molecule is CC(C)(C)[C@H](N)C(=O)Nc1ccc(C(N)=O)c(Cl)c1.Cl. The molecule has 1 aromatic carbocycles. The molecule has 1 rings (SSSR count). The average Bonchev–Trinajstić information content (AvgIpc) is 2.26. The highest BCUT2D eigenvalue weighted by Gasteiger charge is 2.27. The third-order valence-corrected chi connectivity index (χ3v) is 3.03. The summed E-state index contributed by atoms with van der Waals surface area (Å²) >= 11 is 5.89. The Morgan fingerprint density at radius 1 is 1.30 bits per heavy atom. The van der Waals surface area contributed by atoms with E-state index in [4.69, 9.17) is 23.1 Å². The summed E-state index contributed by atoms with van der Waals surface area (Å²) in [6.07, 6.45) is 0. The lowest BCUT2D eigenvalue weighted by Gasteiger charge is -2.25. The first-order valence-corrected chi connectivity index (χ1v) is 6.16. The molecule has 0 aliphatic carbocycles. The lowest BCUT2D eigenvalue weighted by Crippen LogP contribution is -2.45. The van der Waals surface area contributed by atoms with Gasteiger partial charge in [0.15, 0.2) is 0 Å². The molecule has 1 atom stereocenters. The molecule has 0 aliphatic rings. The van der Waals surface area contributed by atoms with Gasteiger partial charge in [0.05, 0.1) is 16.6 Å². The van der Waals surface area contributed by atoms with Crippen LogP contribution in [0.3, 0.4) is 0 Å². The van der Waals surface area contributed by atoms with E-state index in [0.717, 1.165) is 0 Å². The number of primary amides is 1. The van der Waals surface area contributed by atoms with Gasteiger partial charge in [-0.3, -0.25) is 9.59 Å². The van der Waals surface area contributed by atoms with Crippen LogP contribution >= 0.6 is 24.0 Å². The minimum atomic E-state index is -0.651. The van der Waals surface area contributed by atoms with Crippen molar-refractivity contribution in [2.75, 3.05) is 5.32 Å². The molecule has 0 radical (unpaired) electrons. The summed E-state index contributed by atoms with van der Waals surface area (Å²) in [4.78, 5) is 22.9. The highest BCUT2D eigenvalue weighted by molar-refractivity contribution is 6.34. The Hall–Kier alpha value is -1.30. The second kappa shape index (κ2) is 6.92. The first kappa shape index (κ1) is 18.7. The molecule has 0 spiro atoms. The fraction of sp³-hybridized carbons (Fsp3) is 0.385. The van der Waals surface area contributed by atoms with Crippen molar-refractivity contribution in [3.05, 3.63) is 28.8 Å². The van der Waals surface area contributed by atoms with Gasteiger partial charge in [-0.25, -0.2) is 0 Å². The number of carbonyl (C=O) groups is 2. The summed E-state index contributed by atoms with van der Waals surface area (Å²) < 4.78 is 0. The van der Waals surface area contributed by atoms with E-state index >= 15 is 0 Å². The van der Waals surface area contributed by atoms with E-state index in [1.54, 1.807) is 6.07 Å². The molecule has 0 saturated carbocycles. The predicted octanol–water partition coefficient (Wildman–Crippen LogP) is 2.17. The highest BCUT2D eigenvalue weighted by Crippen LogP contribution is 2.22. The zero-order valence-corrected chi connectivity index (χ0v) is 13.1. The Kier molecular flexibility index (Phi) is 6.47. The van der Waals surface area contributed by atoms with Crippen LogP contribution in [0.1, 0.15) is 31.1 Å². The fourth-order valence-corrected chi connectivity index (χ4v) is 1.68. The topological polar surface area (TPSA) is 98.2 Å². The van der Waals surface area contributed by atoms with Crippen molar-refractivity contribution in [1.29, 1.82) is 0 Å². The molecule has 7 heteroatoms. The smallest absolute Gasteiger partial charge is 0.250 e. The van der Waals surface area contributed by atoms with Crippen LogP contribution in [0.4, 0.5) is 5.69 Å². The van der Waals surface area contributed by atoms with Gasteiger partial charge in [-0.1, -0.05) is 32.4 Å². The summed E-state index contributed by atoms with van der Waals surface area (Å²) in [7, 11) is 0. The van der Waals surface area contributed by atoms with Gasteiger partial charge in [-0.2, -0.15) is 0 Å². The maximum absolute atomic E-state index is 11.9. The fourth-order valence-electron chi connectivity index (χ4n) is 1.41. The normalized spacial score (nSPS) is 12.2. The Labute approximate surface area is 129 Å². The Bertz CT molecular complexity index is 513. The molecule has 0 aromatic heterocycles. The standard InChI is InChI=1S/C13H18ClN3O2.ClH/c1-13(2,3)10(15)12(19)17-7-4-5-8(11(16)18)9(14)6-7;/h4-6,10H,15H2,1-3H3,(H2,16,18)(H,17,19);1H/t10-;/m1./s1. The molecule has 2 amide bonds. The van der Waals surface area contributed by atoms with Crippen LogP contribution in [-0.2, 0) is 4.79 Å². The number of carbonyl (C=O) groups excluding carboxylic acids is 2. The van der Waals surface area contributed by atoms with Crippen LogP contribution < -0.4 is 16.8 Å². The second-order valence-electron chi connectivity index (χ2n) is 5.39. The zero-order valence-electron chi connectivity index (χ0n) is 11.6. The summed E-state index contributed by atoms with van der Waals surface area (Å²) in [5.74, 6) is -0.926. The molecule has 5 nitrogen and oxygen atoms in total. The zero-order chi connectivity index (χ0) is 14.8. The summed E-state index contributed by atoms with van der Waals surface area (Å²) in [5, 5.41) is 2.84. The van der Waals surface area contributed by atoms with Crippen molar-refractivity contribution in [2.45, 2.75) is 26.8 Å². The van der Waals surface area contributed by atoms with E-state index in [1.165, 1.54) is 12.1 Å². The van der Waals surface area contributed by atoms with Crippen LogP contribution in [0.15, 0.2) is 18.2 Å². The van der Waals surface area contributed by atoms with Gasteiger partial charge in [-0.15, -0.1) is 12.4 Å². The van der Waals surface area contributed by atoms with Gasteiger partial charge in [0.2, 0.25) is 11.8 Å². The number of anilines is 1. The molecule has 0 saturated heterocycles. The first-order chi connectivity index (χ1) is 8.62. The molecule has 0 unspecified atom stereocenters. The number of nitrogens with one attached hydrogen (secondary N) is 1. The van der Waals surface area contributed by atoms with Gasteiger partial charge >= 0.3 is 0 Å². The monoisotopic (exact) mass is 319 g/mol. The number of hydrogen-bond acceptors (Lipinski definition) is 3. The Morgan fingerprint density at radius 2 is 1.85 bits per heavy atom. The van der Waals surface area contributed by atoms with Crippen molar-refractivity contribution in [3.63, 3.8) is 0 Å². The first-order valence-electron chi connectivity index (χ1n) is 5.78. The predicted molar refractivity (Wildman–Crippen MR) is 83.3 cm³/mol. The largest absolute Gasteiger partial charge is 0.366 e. The van der Waals surface area contributed by atoms with E-state index in [9.17, 15) is 9.59 Å². The number of amides is 2. The van der Waals surface area contributed by atoms with Gasteiger partial charge in [0, 0.05) is 5.69 Å². The van der Waals surface area contributed by atoms with E-state index in [2.05, 4.69) is 5.32 Å². The van der Waals surface area contributed by atoms with Crippen molar-refractivity contribution in [3.8, 4) is 0 Å². The number of nitrogens with two attached hydrogens (primary N) is 2. The maximum atomic E-state index is 11.9. The minimum absolute atomic E-state index is 0. The van der Waals surface area contributed by atoms with Crippen molar-refractivity contribution in [2.24, 2.45) is 16.9 Å². The van der Waals surface area contributed by atoms with E-state index in [1.807, 2.05) is 20.8 Å². The van der Waals surface area contributed by atoms with E-state index in [-0.39, 0.29) is 34.3 Å². The summed E-state index contributed by atoms with van der Waals surface area (Å²) in [6.45, 7) is 5.63. The van der Waals surface area contributed by atoms with Gasteiger partial charge < -0.3 is 16.8 Å². The summed E-state index contributed by atoms with van der Waals surface area (Å²) in [5.41, 5.74) is 11.3. The highest BCUT2D eigenvalue weighted by atomic mass is 35.5. The van der Waals surface area contributed by atoms with Gasteiger partial charge in [0.25, 0.3) is 0 Å². The van der Waals surface area contributed by atoms with Crippen molar-refractivity contribution >= 4 is 41.5 Å². The van der Waals surface area contributed by atoms with E-state index in [0.29, 0.717) is 5.69 Å². The van der Waals surface area contributed by atoms with Crippen LogP contribution in [0.25, 0.3) is 0 Å². The molecule has 0 bridgehead atoms. The Morgan fingerprint density at radius 3 is 2.25 bits per heavy atom. The Balaban J connectivity index is 0.00000361. The average molecular weight is 320 g/mol. The van der Waals surface area contributed by atoms with Crippen molar-refractivity contribution < 1.29 is 9.59 Å². The third kappa shape index (κ3) is 4.67. The quantitative estimate of drug-likeness (QED) is 0.796. The number of hydrogen-bond donors (Lipinski definition) is 3. The molecule has 112 valence electrons. The van der Waals surface area contributed by atoms with Crippen LogP contribution in [0.2, 0.25) is 5.02 Å². The molecular weight excluding hydrogens is 301 g/mol. The van der Waals surface area contributed by atoms with Crippen molar-refractivity contribution in [1.82, 2.24) is 0 Å². The molecule has 20 heavy (non-hydrogen) atoms. The summed E-state index contributed by atoms with van der Waals surface area (Å²) in [6, 6.07) is 3.83. The molecular formula is C13H19Cl2N3O2. The lowest BCUT2D eigenvalue weighted by molar-refractivity contribution is -0.119. The molecule has 0 heterocycles. The number of benzene rings is 1. The minimum Gasteiger partial charge on any atom is -0.366 e. The van der Waals surface area contributed by atoms with E-state index < -0.39 is 11.9 Å². The lowest BCUT2D eigenvalue weighted by atomic mass is 9.87. The van der Waals surface area contributed by atoms with Crippen LogP contribution in [0, 0.1) is 5.41 Å². The molecule has 5 N–H and O–H groups in total. The molecule has 0 fully saturated rings. The third-order valence-electron chi connectivity index (χ3n) is 2.72. The van der Waals surface area contributed by atoms with Gasteiger partial charge in [0.1, 0.15) is 0 Å².